The van der Waals surface area contributed by atoms with Gasteiger partial charge in [0, 0.05) is 11.0 Å². The number of halogens is 3. The summed E-state index contributed by atoms with van der Waals surface area (Å²) in [4.78, 5) is 2.11. The third-order valence-electron chi connectivity index (χ3n) is 3.05. The van der Waals surface area contributed by atoms with Crippen LogP contribution in [0.15, 0.2) is 16.6 Å². The molecule has 0 amide bonds. The molecule has 2 rings (SSSR count). The van der Waals surface area contributed by atoms with Crippen LogP contribution in [0.4, 0.5) is 8.78 Å². The molecular weight excluding hydrogens is 320 g/mol. The lowest BCUT2D eigenvalue weighted by molar-refractivity contribution is 0.0725. The van der Waals surface area contributed by atoms with Gasteiger partial charge in [-0.05, 0) is 38.1 Å². The molecule has 0 aromatic heterocycles. The summed E-state index contributed by atoms with van der Waals surface area (Å²) in [6.07, 6.45) is 1.51. The third kappa shape index (κ3) is 4.12. The maximum absolute atomic E-state index is 13.5. The maximum Gasteiger partial charge on any atom is 0.190 e. The van der Waals surface area contributed by atoms with Crippen LogP contribution in [0.3, 0.4) is 0 Å². The van der Waals surface area contributed by atoms with Gasteiger partial charge in [-0.2, -0.15) is 0 Å². The fourth-order valence-electron chi connectivity index (χ4n) is 2.16. The van der Waals surface area contributed by atoms with Crippen molar-refractivity contribution in [1.29, 1.82) is 0 Å². The minimum atomic E-state index is -0.778. The minimum absolute atomic E-state index is 0.119. The summed E-state index contributed by atoms with van der Waals surface area (Å²) in [5.41, 5.74) is 0. The zero-order valence-electron chi connectivity index (χ0n) is 10.4. The molecule has 3 nitrogen and oxygen atoms in total. The first-order valence-corrected chi connectivity index (χ1v) is 7.03. The van der Waals surface area contributed by atoms with E-state index < -0.39 is 23.5 Å². The highest BCUT2D eigenvalue weighted by molar-refractivity contribution is 9.10. The van der Waals surface area contributed by atoms with E-state index in [4.69, 9.17) is 4.74 Å². The Hall–Kier alpha value is -0.720. The Morgan fingerprint density at radius 1 is 1.26 bits per heavy atom. The summed E-state index contributed by atoms with van der Waals surface area (Å²) < 4.78 is 32.3. The second-order valence-corrected chi connectivity index (χ2v) is 5.59. The van der Waals surface area contributed by atoms with Gasteiger partial charge in [0.15, 0.2) is 17.4 Å². The Kier molecular flexibility index (Phi) is 5.13. The summed E-state index contributed by atoms with van der Waals surface area (Å²) in [7, 11) is 0. The number of hydrogen-bond acceptors (Lipinski definition) is 3. The van der Waals surface area contributed by atoms with Crippen LogP contribution in [0.2, 0.25) is 0 Å². The van der Waals surface area contributed by atoms with Crippen molar-refractivity contribution in [2.24, 2.45) is 0 Å². The van der Waals surface area contributed by atoms with E-state index in [0.29, 0.717) is 11.0 Å². The lowest BCUT2D eigenvalue weighted by Gasteiger charge is -2.19. The van der Waals surface area contributed by atoms with E-state index in [2.05, 4.69) is 20.8 Å². The van der Waals surface area contributed by atoms with Crippen LogP contribution < -0.4 is 4.74 Å². The quantitative estimate of drug-likeness (QED) is 0.897. The van der Waals surface area contributed by atoms with Crippen LogP contribution >= 0.6 is 15.9 Å². The van der Waals surface area contributed by atoms with Crippen molar-refractivity contribution < 1.29 is 18.6 Å². The highest BCUT2D eigenvalue weighted by atomic mass is 79.9. The fraction of sp³-hybridized carbons (Fsp3) is 0.538. The van der Waals surface area contributed by atoms with Crippen molar-refractivity contribution in [3.05, 3.63) is 28.2 Å². The van der Waals surface area contributed by atoms with Crippen molar-refractivity contribution in [2.45, 2.75) is 18.9 Å². The second kappa shape index (κ2) is 6.63. The predicted octanol–water partition coefficient (Wildman–Crippen LogP) is 2.56. The molecule has 0 bridgehead atoms. The summed E-state index contributed by atoms with van der Waals surface area (Å²) in [5, 5.41) is 9.79. The van der Waals surface area contributed by atoms with Crippen LogP contribution in [0, 0.1) is 11.6 Å². The SMILES string of the molecule is OC(COc1c(F)cc(Br)cc1F)CN1CCCC1. The smallest absolute Gasteiger partial charge is 0.190 e. The Bertz CT molecular complexity index is 416. The predicted molar refractivity (Wildman–Crippen MR) is 71.2 cm³/mol. The minimum Gasteiger partial charge on any atom is -0.485 e. The topological polar surface area (TPSA) is 32.7 Å². The first-order valence-electron chi connectivity index (χ1n) is 6.24. The summed E-state index contributed by atoms with van der Waals surface area (Å²) in [6.45, 7) is 2.27. The number of likely N-dealkylation sites (tertiary alicyclic amines) is 1. The number of aliphatic hydroxyl groups excluding tert-OH is 1. The fourth-order valence-corrected chi connectivity index (χ4v) is 2.56. The summed E-state index contributed by atoms with van der Waals surface area (Å²) >= 11 is 2.99. The van der Waals surface area contributed by atoms with Crippen molar-refractivity contribution in [1.82, 2.24) is 4.90 Å². The molecule has 1 unspecified atom stereocenters. The van der Waals surface area contributed by atoms with Gasteiger partial charge in [-0.1, -0.05) is 15.9 Å². The van der Waals surface area contributed by atoms with Gasteiger partial charge in [-0.15, -0.1) is 0 Å². The molecular formula is C13H16BrF2NO2. The molecule has 106 valence electrons. The Morgan fingerprint density at radius 3 is 2.42 bits per heavy atom. The molecule has 6 heteroatoms. The zero-order valence-corrected chi connectivity index (χ0v) is 12.0. The number of hydrogen-bond donors (Lipinski definition) is 1. The Balaban J connectivity index is 1.87. The highest BCUT2D eigenvalue weighted by Gasteiger charge is 2.18. The number of aliphatic hydroxyl groups is 1. The molecule has 1 aromatic carbocycles. The summed E-state index contributed by atoms with van der Waals surface area (Å²) in [5.74, 6) is -2.00. The van der Waals surface area contributed by atoms with Gasteiger partial charge in [0.25, 0.3) is 0 Å². The monoisotopic (exact) mass is 335 g/mol. The van der Waals surface area contributed by atoms with Gasteiger partial charge >= 0.3 is 0 Å². The van der Waals surface area contributed by atoms with Gasteiger partial charge in [0.05, 0.1) is 0 Å². The lowest BCUT2D eigenvalue weighted by Crippen LogP contribution is -2.33. The molecule has 1 aliphatic heterocycles. The maximum atomic E-state index is 13.5. The van der Waals surface area contributed by atoms with Gasteiger partial charge in [-0.25, -0.2) is 8.78 Å². The number of benzene rings is 1. The van der Waals surface area contributed by atoms with Crippen LogP contribution in [-0.2, 0) is 0 Å². The normalized spacial score (nSPS) is 17.7. The number of rotatable bonds is 5. The average Bonchev–Trinajstić information content (AvgIpc) is 2.80. The van der Waals surface area contributed by atoms with E-state index in [1.54, 1.807) is 0 Å². The molecule has 19 heavy (non-hydrogen) atoms. The second-order valence-electron chi connectivity index (χ2n) is 4.67. The highest BCUT2D eigenvalue weighted by Crippen LogP contribution is 2.26. The lowest BCUT2D eigenvalue weighted by atomic mass is 10.3. The number of ether oxygens (including phenoxy) is 1. The van der Waals surface area contributed by atoms with Crippen molar-refractivity contribution in [3.8, 4) is 5.75 Å². The molecule has 1 fully saturated rings. The molecule has 1 atom stereocenters. The van der Waals surface area contributed by atoms with E-state index in [9.17, 15) is 13.9 Å². The van der Waals surface area contributed by atoms with Crippen LogP contribution in [0.25, 0.3) is 0 Å². The van der Waals surface area contributed by atoms with Gasteiger partial charge in [-0.3, -0.25) is 0 Å². The molecule has 1 saturated heterocycles. The largest absolute Gasteiger partial charge is 0.485 e. The van der Waals surface area contributed by atoms with Crippen molar-refractivity contribution >= 4 is 15.9 Å². The van der Waals surface area contributed by atoms with Gasteiger partial charge in [0.2, 0.25) is 0 Å². The third-order valence-corrected chi connectivity index (χ3v) is 3.51. The van der Waals surface area contributed by atoms with Crippen molar-refractivity contribution in [3.63, 3.8) is 0 Å². The van der Waals surface area contributed by atoms with Crippen LogP contribution in [0.1, 0.15) is 12.8 Å². The van der Waals surface area contributed by atoms with Gasteiger partial charge in [0.1, 0.15) is 12.7 Å². The zero-order chi connectivity index (χ0) is 13.8. The standard InChI is InChI=1S/C13H16BrF2NO2/c14-9-5-11(15)13(12(16)6-9)19-8-10(18)7-17-3-1-2-4-17/h5-6,10,18H,1-4,7-8H2. The molecule has 1 N–H and O–H groups in total. The van der Waals surface area contributed by atoms with E-state index in [-0.39, 0.29) is 6.61 Å². The molecule has 0 spiro atoms. The molecule has 0 aliphatic carbocycles. The van der Waals surface area contributed by atoms with E-state index in [1.807, 2.05) is 0 Å². The summed E-state index contributed by atoms with van der Waals surface area (Å²) in [6, 6.07) is 2.26. The number of nitrogens with zero attached hydrogens (tertiary/aromatic N) is 1. The molecule has 1 aromatic rings. The van der Waals surface area contributed by atoms with E-state index in [0.717, 1.165) is 38.1 Å². The van der Waals surface area contributed by atoms with Crippen molar-refractivity contribution in [2.75, 3.05) is 26.2 Å². The Morgan fingerprint density at radius 2 is 1.84 bits per heavy atom. The Labute approximate surface area is 119 Å². The van der Waals surface area contributed by atoms with Crippen LogP contribution in [-0.4, -0.2) is 42.4 Å². The molecule has 1 heterocycles. The van der Waals surface area contributed by atoms with Gasteiger partial charge < -0.3 is 14.7 Å². The first-order chi connectivity index (χ1) is 9.06. The van der Waals surface area contributed by atoms with E-state index in [1.165, 1.54) is 0 Å². The molecule has 0 saturated carbocycles. The van der Waals surface area contributed by atoms with E-state index >= 15 is 0 Å². The first kappa shape index (κ1) is 14.7. The molecule has 1 aliphatic rings. The average molecular weight is 336 g/mol. The van der Waals surface area contributed by atoms with Crippen LogP contribution in [0.5, 0.6) is 5.75 Å². The number of β-amino-alcohol motifs (C(OH)–C–C–N with tert-alkyl or cyclic N) is 1. The molecule has 0 radical (unpaired) electrons.